The van der Waals surface area contributed by atoms with Gasteiger partial charge in [0.1, 0.15) is 0 Å². The van der Waals surface area contributed by atoms with E-state index in [1.807, 2.05) is 13.8 Å². The minimum atomic E-state index is -0.606. The summed E-state index contributed by atoms with van der Waals surface area (Å²) in [5.41, 5.74) is 5.09. The van der Waals surface area contributed by atoms with Gasteiger partial charge >= 0.3 is 5.97 Å². The van der Waals surface area contributed by atoms with Crippen LogP contribution in [-0.4, -0.2) is 40.8 Å². The lowest BCUT2D eigenvalue weighted by molar-refractivity contribution is -0.150. The van der Waals surface area contributed by atoms with Gasteiger partial charge in [-0.3, -0.25) is 4.79 Å². The number of nitrogens with two attached hydrogens (primary N) is 1. The number of thioether (sulfide) groups is 1. The molecular formula is C14H27NO3S. The highest BCUT2D eigenvalue weighted by atomic mass is 32.2. The fourth-order valence-electron chi connectivity index (χ4n) is 2.33. The number of esters is 1. The van der Waals surface area contributed by atoms with Gasteiger partial charge in [0.05, 0.1) is 18.1 Å². The van der Waals surface area contributed by atoms with Gasteiger partial charge in [-0.25, -0.2) is 0 Å². The molecule has 1 atom stereocenters. The summed E-state index contributed by atoms with van der Waals surface area (Å²) in [4.78, 5) is 11.6. The second-order valence-corrected chi connectivity index (χ2v) is 6.67. The molecule has 19 heavy (non-hydrogen) atoms. The van der Waals surface area contributed by atoms with Crippen LogP contribution in [0.25, 0.3) is 0 Å². The molecule has 0 amide bonds. The van der Waals surface area contributed by atoms with E-state index < -0.39 is 5.60 Å². The maximum Gasteiger partial charge on any atom is 0.308 e. The van der Waals surface area contributed by atoms with Gasteiger partial charge in [-0.1, -0.05) is 0 Å². The van der Waals surface area contributed by atoms with E-state index in [-0.39, 0.29) is 17.9 Å². The van der Waals surface area contributed by atoms with E-state index in [9.17, 15) is 9.90 Å². The van der Waals surface area contributed by atoms with E-state index in [0.29, 0.717) is 19.4 Å². The van der Waals surface area contributed by atoms with Crippen LogP contribution >= 0.6 is 11.8 Å². The summed E-state index contributed by atoms with van der Waals surface area (Å²) in [6, 6.07) is 0.224. The van der Waals surface area contributed by atoms with Crippen molar-refractivity contribution in [3.05, 3.63) is 0 Å². The molecule has 5 heteroatoms. The van der Waals surface area contributed by atoms with Crippen LogP contribution < -0.4 is 5.73 Å². The highest BCUT2D eigenvalue weighted by molar-refractivity contribution is 7.99. The lowest BCUT2D eigenvalue weighted by atomic mass is 9.80. The van der Waals surface area contributed by atoms with Crippen LogP contribution in [0.15, 0.2) is 0 Å². The Bertz CT molecular complexity index is 276. The summed E-state index contributed by atoms with van der Waals surface area (Å²) in [5, 5.41) is 10.5. The number of rotatable bonds is 7. The van der Waals surface area contributed by atoms with Crippen LogP contribution in [0.3, 0.4) is 0 Å². The van der Waals surface area contributed by atoms with Crippen LogP contribution in [0.2, 0.25) is 0 Å². The first-order chi connectivity index (χ1) is 8.97. The zero-order valence-electron chi connectivity index (χ0n) is 12.1. The lowest BCUT2D eigenvalue weighted by Gasteiger charge is -2.35. The van der Waals surface area contributed by atoms with Gasteiger partial charge in [0.15, 0.2) is 0 Å². The Morgan fingerprint density at radius 1 is 1.53 bits per heavy atom. The average molecular weight is 289 g/mol. The molecule has 0 saturated heterocycles. The van der Waals surface area contributed by atoms with Crippen molar-refractivity contribution < 1.29 is 14.6 Å². The van der Waals surface area contributed by atoms with Crippen molar-refractivity contribution in [1.82, 2.24) is 0 Å². The van der Waals surface area contributed by atoms with E-state index in [1.165, 1.54) is 0 Å². The molecule has 0 radical (unpaired) electrons. The molecule has 1 aliphatic rings. The molecule has 3 N–H and O–H groups in total. The summed E-state index contributed by atoms with van der Waals surface area (Å²) in [6.07, 6.45) is 3.85. The van der Waals surface area contributed by atoms with Gasteiger partial charge < -0.3 is 15.6 Å². The standard InChI is InChI=1S/C14H27NO3S/c1-3-18-13(16)12-4-7-14(17,8-5-12)10-19-9-6-11(2)15/h11-12,17H,3-10,15H2,1-2H3. The number of aliphatic hydroxyl groups is 1. The molecule has 112 valence electrons. The molecule has 0 aliphatic heterocycles. The molecule has 1 saturated carbocycles. The van der Waals surface area contributed by atoms with Crippen LogP contribution in [0, 0.1) is 5.92 Å². The predicted octanol–water partition coefficient (Wildman–Crippen LogP) is 1.94. The maximum atomic E-state index is 11.6. The van der Waals surface area contributed by atoms with E-state index in [2.05, 4.69) is 0 Å². The zero-order valence-corrected chi connectivity index (χ0v) is 12.9. The fraction of sp³-hybridized carbons (Fsp3) is 0.929. The van der Waals surface area contributed by atoms with Crippen molar-refractivity contribution in [1.29, 1.82) is 0 Å². The molecule has 1 aliphatic carbocycles. The number of carbonyl (C=O) groups excluding carboxylic acids is 1. The van der Waals surface area contributed by atoms with E-state index in [0.717, 1.165) is 30.8 Å². The molecule has 0 heterocycles. The van der Waals surface area contributed by atoms with E-state index in [1.54, 1.807) is 11.8 Å². The molecule has 4 nitrogen and oxygen atoms in total. The maximum absolute atomic E-state index is 11.6. The minimum absolute atomic E-state index is 0.0192. The van der Waals surface area contributed by atoms with Crippen molar-refractivity contribution in [2.45, 2.75) is 57.6 Å². The fourth-order valence-corrected chi connectivity index (χ4v) is 3.68. The molecule has 0 aromatic rings. The third-order valence-electron chi connectivity index (χ3n) is 3.62. The Kier molecular flexibility index (Phi) is 7.18. The lowest BCUT2D eigenvalue weighted by Crippen LogP contribution is -2.38. The zero-order chi connectivity index (χ0) is 14.3. The van der Waals surface area contributed by atoms with Gasteiger partial charge in [0.2, 0.25) is 0 Å². The molecule has 0 aromatic heterocycles. The number of carbonyl (C=O) groups is 1. The van der Waals surface area contributed by atoms with Crippen LogP contribution in [0.5, 0.6) is 0 Å². The van der Waals surface area contributed by atoms with Crippen molar-refractivity contribution >= 4 is 17.7 Å². The summed E-state index contributed by atoms with van der Waals surface area (Å²) >= 11 is 1.76. The van der Waals surface area contributed by atoms with Gasteiger partial charge in [-0.15, -0.1) is 0 Å². The topological polar surface area (TPSA) is 72.5 Å². The van der Waals surface area contributed by atoms with Gasteiger partial charge in [0.25, 0.3) is 0 Å². The van der Waals surface area contributed by atoms with Crippen molar-refractivity contribution in [2.75, 3.05) is 18.1 Å². The smallest absolute Gasteiger partial charge is 0.308 e. The van der Waals surface area contributed by atoms with Gasteiger partial charge in [-0.05, 0) is 51.7 Å². The van der Waals surface area contributed by atoms with E-state index >= 15 is 0 Å². The molecule has 1 rings (SSSR count). The molecule has 0 aromatic carbocycles. The summed E-state index contributed by atoms with van der Waals surface area (Å²) in [7, 11) is 0. The number of ether oxygens (including phenoxy) is 1. The summed E-state index contributed by atoms with van der Waals surface area (Å²) in [6.45, 7) is 4.26. The molecular weight excluding hydrogens is 262 g/mol. The van der Waals surface area contributed by atoms with Crippen molar-refractivity contribution in [3.63, 3.8) is 0 Å². The summed E-state index contributed by atoms with van der Waals surface area (Å²) in [5.74, 6) is 1.61. The normalized spacial score (nSPS) is 28.9. The van der Waals surface area contributed by atoms with E-state index in [4.69, 9.17) is 10.5 Å². The second kappa shape index (κ2) is 8.12. The van der Waals surface area contributed by atoms with Crippen LogP contribution in [-0.2, 0) is 9.53 Å². The van der Waals surface area contributed by atoms with Gasteiger partial charge in [0, 0.05) is 11.8 Å². The number of hydrogen-bond donors (Lipinski definition) is 2. The molecule has 1 fully saturated rings. The Hall–Kier alpha value is -0.260. The van der Waals surface area contributed by atoms with Crippen LogP contribution in [0.4, 0.5) is 0 Å². The molecule has 1 unspecified atom stereocenters. The first-order valence-corrected chi connectivity index (χ1v) is 8.34. The molecule has 0 spiro atoms. The first-order valence-electron chi connectivity index (χ1n) is 7.19. The second-order valence-electron chi connectivity index (χ2n) is 5.57. The third kappa shape index (κ3) is 6.15. The Morgan fingerprint density at radius 2 is 2.16 bits per heavy atom. The SMILES string of the molecule is CCOC(=O)C1CCC(O)(CSCCC(C)N)CC1. The van der Waals surface area contributed by atoms with Crippen molar-refractivity contribution in [3.8, 4) is 0 Å². The average Bonchev–Trinajstić information content (AvgIpc) is 2.36. The largest absolute Gasteiger partial charge is 0.466 e. The number of hydrogen-bond acceptors (Lipinski definition) is 5. The quantitative estimate of drug-likeness (QED) is 0.553. The summed E-state index contributed by atoms with van der Waals surface area (Å²) < 4.78 is 5.03. The Labute approximate surface area is 120 Å². The first kappa shape index (κ1) is 16.8. The van der Waals surface area contributed by atoms with Gasteiger partial charge in [-0.2, -0.15) is 11.8 Å². The highest BCUT2D eigenvalue weighted by Crippen LogP contribution is 2.35. The minimum Gasteiger partial charge on any atom is -0.466 e. The van der Waals surface area contributed by atoms with Crippen molar-refractivity contribution in [2.24, 2.45) is 11.7 Å². The van der Waals surface area contributed by atoms with Crippen LogP contribution in [0.1, 0.15) is 46.0 Å². The predicted molar refractivity (Wildman–Crippen MR) is 79.1 cm³/mol. The Balaban J connectivity index is 2.25. The molecule has 0 bridgehead atoms. The highest BCUT2D eigenvalue weighted by Gasteiger charge is 2.36. The Morgan fingerprint density at radius 3 is 2.68 bits per heavy atom. The third-order valence-corrected chi connectivity index (χ3v) is 4.89. The monoisotopic (exact) mass is 289 g/mol.